The molecule has 4 aromatic rings. The molecule has 2 heterocycles. The number of para-hydroxylation sites is 1. The average Bonchev–Trinajstić information content (AvgIpc) is 3.05. The van der Waals surface area contributed by atoms with Gasteiger partial charge < -0.3 is 16.0 Å². The van der Waals surface area contributed by atoms with Crippen LogP contribution in [0.4, 0.5) is 5.82 Å². The Bertz CT molecular complexity index is 1030. The fraction of sp³-hybridized carbons (Fsp3) is 0.200. The third-order valence-electron chi connectivity index (χ3n) is 4.63. The van der Waals surface area contributed by atoms with Crippen LogP contribution in [0.2, 0.25) is 0 Å². The Labute approximate surface area is 146 Å². The van der Waals surface area contributed by atoms with Gasteiger partial charge in [-0.2, -0.15) is 0 Å². The topological polar surface area (TPSA) is 82.8 Å². The summed E-state index contributed by atoms with van der Waals surface area (Å²) < 4.78 is 2.16. The average molecular weight is 331 g/mol. The summed E-state index contributed by atoms with van der Waals surface area (Å²) in [7, 11) is 0. The number of benzene rings is 2. The number of nitrogen functional groups attached to an aromatic ring is 1. The lowest BCUT2D eigenvalue weighted by atomic mass is 10.1. The molecule has 4 N–H and O–H groups in total. The standard InChI is InChI=1S/C20H21N5/c1-13(21)15-8-6-14(7-9-15)10-11-25-12-23-18-19(25)16-4-2-3-5-17(16)24-20(18)22/h2-9,12-13H,10-11,21H2,1H3,(H2,22,24). The molecule has 1 atom stereocenters. The van der Waals surface area contributed by atoms with E-state index in [1.807, 2.05) is 31.5 Å². The second kappa shape index (κ2) is 6.18. The van der Waals surface area contributed by atoms with E-state index in [0.717, 1.165) is 40.5 Å². The normalized spacial score (nSPS) is 12.7. The van der Waals surface area contributed by atoms with Crippen LogP contribution in [0.3, 0.4) is 0 Å². The molecular formula is C20H21N5. The Morgan fingerprint density at radius 2 is 1.84 bits per heavy atom. The minimum Gasteiger partial charge on any atom is -0.382 e. The summed E-state index contributed by atoms with van der Waals surface area (Å²) in [6, 6.07) is 16.6. The SMILES string of the molecule is CC(N)c1ccc(CCn2cnc3c(N)nc4ccccc4c32)cc1. The molecule has 0 saturated carbocycles. The number of imidazole rings is 1. The Morgan fingerprint density at radius 1 is 1.08 bits per heavy atom. The molecule has 0 aliphatic rings. The molecule has 5 heteroatoms. The Balaban J connectivity index is 1.68. The molecule has 1 unspecified atom stereocenters. The molecule has 126 valence electrons. The van der Waals surface area contributed by atoms with Gasteiger partial charge in [-0.1, -0.05) is 42.5 Å². The van der Waals surface area contributed by atoms with Crippen LogP contribution in [0, 0.1) is 0 Å². The van der Waals surface area contributed by atoms with Crippen molar-refractivity contribution in [2.24, 2.45) is 5.73 Å². The molecule has 25 heavy (non-hydrogen) atoms. The molecule has 4 rings (SSSR count). The fourth-order valence-electron chi connectivity index (χ4n) is 3.21. The van der Waals surface area contributed by atoms with Crippen molar-refractivity contribution in [2.45, 2.75) is 25.9 Å². The van der Waals surface area contributed by atoms with Gasteiger partial charge in [0.1, 0.15) is 5.52 Å². The molecule has 0 saturated heterocycles. The Hall–Kier alpha value is -2.92. The van der Waals surface area contributed by atoms with E-state index in [1.54, 1.807) is 0 Å². The van der Waals surface area contributed by atoms with Crippen molar-refractivity contribution in [3.05, 3.63) is 66.0 Å². The Morgan fingerprint density at radius 3 is 2.60 bits per heavy atom. The van der Waals surface area contributed by atoms with Crippen molar-refractivity contribution >= 4 is 27.8 Å². The molecule has 0 amide bonds. The van der Waals surface area contributed by atoms with E-state index < -0.39 is 0 Å². The summed E-state index contributed by atoms with van der Waals surface area (Å²) in [5.74, 6) is 0.480. The quantitative estimate of drug-likeness (QED) is 0.600. The van der Waals surface area contributed by atoms with Crippen molar-refractivity contribution in [2.75, 3.05) is 5.73 Å². The number of aromatic nitrogens is 3. The number of nitrogens with two attached hydrogens (primary N) is 2. The molecule has 2 aromatic carbocycles. The zero-order valence-electron chi connectivity index (χ0n) is 14.2. The minimum absolute atomic E-state index is 0.0634. The van der Waals surface area contributed by atoms with Crippen molar-refractivity contribution in [3.8, 4) is 0 Å². The van der Waals surface area contributed by atoms with Gasteiger partial charge in [0.15, 0.2) is 5.82 Å². The van der Waals surface area contributed by atoms with E-state index >= 15 is 0 Å². The van der Waals surface area contributed by atoms with Crippen molar-refractivity contribution in [1.82, 2.24) is 14.5 Å². The largest absolute Gasteiger partial charge is 0.382 e. The van der Waals surface area contributed by atoms with Crippen LogP contribution in [0.5, 0.6) is 0 Å². The summed E-state index contributed by atoms with van der Waals surface area (Å²) in [6.07, 6.45) is 2.77. The highest BCUT2D eigenvalue weighted by molar-refractivity contribution is 6.06. The first-order valence-corrected chi connectivity index (χ1v) is 8.47. The maximum atomic E-state index is 6.09. The molecule has 5 nitrogen and oxygen atoms in total. The molecule has 0 aliphatic heterocycles. The molecule has 0 bridgehead atoms. The van der Waals surface area contributed by atoms with Gasteiger partial charge in [0.25, 0.3) is 0 Å². The first-order chi connectivity index (χ1) is 12.1. The minimum atomic E-state index is 0.0634. The first kappa shape index (κ1) is 15.6. The zero-order chi connectivity index (χ0) is 17.4. The van der Waals surface area contributed by atoms with Crippen LogP contribution < -0.4 is 11.5 Å². The van der Waals surface area contributed by atoms with Crippen LogP contribution in [0.25, 0.3) is 21.9 Å². The number of aryl methyl sites for hydroxylation is 2. The molecule has 0 spiro atoms. The monoisotopic (exact) mass is 331 g/mol. The lowest BCUT2D eigenvalue weighted by Crippen LogP contribution is -2.05. The van der Waals surface area contributed by atoms with Gasteiger partial charge in [-0.25, -0.2) is 9.97 Å². The first-order valence-electron chi connectivity index (χ1n) is 8.47. The van der Waals surface area contributed by atoms with E-state index in [1.165, 1.54) is 5.56 Å². The number of nitrogens with zero attached hydrogens (tertiary/aromatic N) is 3. The van der Waals surface area contributed by atoms with Crippen LogP contribution >= 0.6 is 0 Å². The lowest BCUT2D eigenvalue weighted by Gasteiger charge is -2.09. The van der Waals surface area contributed by atoms with Crippen molar-refractivity contribution in [3.63, 3.8) is 0 Å². The van der Waals surface area contributed by atoms with Gasteiger partial charge in [0.05, 0.1) is 17.4 Å². The van der Waals surface area contributed by atoms with E-state index in [2.05, 4.69) is 44.9 Å². The van der Waals surface area contributed by atoms with Gasteiger partial charge in [-0.15, -0.1) is 0 Å². The van der Waals surface area contributed by atoms with Gasteiger partial charge in [-0.3, -0.25) is 0 Å². The Kier molecular flexibility index (Phi) is 3.86. The van der Waals surface area contributed by atoms with Gasteiger partial charge in [0, 0.05) is 18.0 Å². The summed E-state index contributed by atoms with van der Waals surface area (Å²) >= 11 is 0. The summed E-state index contributed by atoms with van der Waals surface area (Å²) in [6.45, 7) is 2.83. The number of anilines is 1. The lowest BCUT2D eigenvalue weighted by molar-refractivity contribution is 0.716. The zero-order valence-corrected chi connectivity index (χ0v) is 14.2. The van der Waals surface area contributed by atoms with Crippen LogP contribution in [-0.4, -0.2) is 14.5 Å². The van der Waals surface area contributed by atoms with Gasteiger partial charge in [-0.05, 0) is 30.5 Å². The number of pyridine rings is 1. The third kappa shape index (κ3) is 2.83. The third-order valence-corrected chi connectivity index (χ3v) is 4.63. The number of hydrogen-bond donors (Lipinski definition) is 2. The maximum absolute atomic E-state index is 6.09. The predicted molar refractivity (Wildman–Crippen MR) is 102 cm³/mol. The summed E-state index contributed by atoms with van der Waals surface area (Å²) in [4.78, 5) is 8.93. The molecule has 0 radical (unpaired) electrons. The van der Waals surface area contributed by atoms with Crippen LogP contribution in [0.15, 0.2) is 54.9 Å². The number of fused-ring (bicyclic) bond motifs is 3. The van der Waals surface area contributed by atoms with Gasteiger partial charge >= 0.3 is 0 Å². The van der Waals surface area contributed by atoms with Crippen molar-refractivity contribution < 1.29 is 0 Å². The summed E-state index contributed by atoms with van der Waals surface area (Å²) in [5.41, 5.74) is 17.2. The van der Waals surface area contributed by atoms with Crippen LogP contribution in [0.1, 0.15) is 24.1 Å². The van der Waals surface area contributed by atoms with E-state index in [0.29, 0.717) is 5.82 Å². The molecule has 0 aliphatic carbocycles. The van der Waals surface area contributed by atoms with E-state index in [4.69, 9.17) is 11.5 Å². The smallest absolute Gasteiger partial charge is 0.152 e. The van der Waals surface area contributed by atoms with Crippen LogP contribution in [-0.2, 0) is 13.0 Å². The van der Waals surface area contributed by atoms with E-state index in [9.17, 15) is 0 Å². The van der Waals surface area contributed by atoms with Crippen molar-refractivity contribution in [1.29, 1.82) is 0 Å². The highest BCUT2D eigenvalue weighted by Gasteiger charge is 2.12. The second-order valence-electron chi connectivity index (χ2n) is 6.43. The molecular weight excluding hydrogens is 310 g/mol. The number of rotatable bonds is 4. The highest BCUT2D eigenvalue weighted by Crippen LogP contribution is 2.27. The summed E-state index contributed by atoms with van der Waals surface area (Å²) in [5, 5.41) is 1.08. The van der Waals surface area contributed by atoms with Gasteiger partial charge in [0.2, 0.25) is 0 Å². The molecule has 2 aromatic heterocycles. The fourth-order valence-corrected chi connectivity index (χ4v) is 3.21. The number of hydrogen-bond acceptors (Lipinski definition) is 4. The molecule has 0 fully saturated rings. The predicted octanol–water partition coefficient (Wildman–Crippen LogP) is 3.43. The second-order valence-corrected chi connectivity index (χ2v) is 6.43. The maximum Gasteiger partial charge on any atom is 0.152 e. The van der Waals surface area contributed by atoms with E-state index in [-0.39, 0.29) is 6.04 Å². The highest BCUT2D eigenvalue weighted by atomic mass is 15.1.